The predicted octanol–water partition coefficient (Wildman–Crippen LogP) is 0.997. The zero-order valence-corrected chi connectivity index (χ0v) is 8.68. The zero-order valence-electron chi connectivity index (χ0n) is 8.68. The Morgan fingerprint density at radius 2 is 2.38 bits per heavy atom. The Kier molecular flexibility index (Phi) is 4.22. The van der Waals surface area contributed by atoms with E-state index in [1.165, 1.54) is 12.8 Å². The lowest BCUT2D eigenvalue weighted by molar-refractivity contribution is -0.131. The number of likely N-dealkylation sites (tertiary alicyclic amines) is 1. The van der Waals surface area contributed by atoms with Crippen LogP contribution in [0, 0.1) is 0 Å². The van der Waals surface area contributed by atoms with E-state index >= 15 is 0 Å². The van der Waals surface area contributed by atoms with Crippen molar-refractivity contribution in [1.82, 2.24) is 10.2 Å². The number of hydrogen-bond donors (Lipinski definition) is 1. The van der Waals surface area contributed by atoms with Crippen LogP contribution in [0.4, 0.5) is 0 Å². The van der Waals surface area contributed by atoms with E-state index in [0.717, 1.165) is 19.5 Å². The summed E-state index contributed by atoms with van der Waals surface area (Å²) in [7, 11) is 1.92. The lowest BCUT2D eigenvalue weighted by Gasteiger charge is -2.21. The van der Waals surface area contributed by atoms with Gasteiger partial charge in [-0.05, 0) is 39.8 Å². The standard InChI is InChI=1S/C10H20N2O/c1-9-5-4-8-12(9)10(13)6-3-7-11-2/h9,11H,3-8H2,1-2H3. The summed E-state index contributed by atoms with van der Waals surface area (Å²) in [6.07, 6.45) is 4.01. The van der Waals surface area contributed by atoms with Crippen molar-refractivity contribution in [3.63, 3.8) is 0 Å². The van der Waals surface area contributed by atoms with Gasteiger partial charge in [-0.2, -0.15) is 0 Å². The van der Waals surface area contributed by atoms with Crippen LogP contribution in [0.1, 0.15) is 32.6 Å². The topological polar surface area (TPSA) is 32.3 Å². The molecule has 1 amide bonds. The number of nitrogens with one attached hydrogen (secondary N) is 1. The third kappa shape index (κ3) is 2.99. The molecule has 1 fully saturated rings. The van der Waals surface area contributed by atoms with Crippen molar-refractivity contribution in [3.8, 4) is 0 Å². The van der Waals surface area contributed by atoms with E-state index in [9.17, 15) is 4.79 Å². The maximum absolute atomic E-state index is 11.6. The van der Waals surface area contributed by atoms with E-state index in [2.05, 4.69) is 12.2 Å². The first-order chi connectivity index (χ1) is 6.25. The molecule has 1 aliphatic heterocycles. The van der Waals surface area contributed by atoms with Gasteiger partial charge in [0.2, 0.25) is 5.91 Å². The second-order valence-corrected chi connectivity index (χ2v) is 3.79. The molecular formula is C10H20N2O. The summed E-state index contributed by atoms with van der Waals surface area (Å²) in [5, 5.41) is 3.05. The van der Waals surface area contributed by atoms with Gasteiger partial charge < -0.3 is 10.2 Å². The Morgan fingerprint density at radius 3 is 2.92 bits per heavy atom. The molecule has 76 valence electrons. The molecule has 1 aliphatic rings. The molecule has 0 aliphatic carbocycles. The average Bonchev–Trinajstić information content (AvgIpc) is 2.52. The predicted molar refractivity (Wildman–Crippen MR) is 53.6 cm³/mol. The van der Waals surface area contributed by atoms with E-state index in [-0.39, 0.29) is 0 Å². The first-order valence-electron chi connectivity index (χ1n) is 5.19. The molecule has 1 N–H and O–H groups in total. The van der Waals surface area contributed by atoms with Crippen LogP contribution in [-0.4, -0.2) is 37.0 Å². The highest BCUT2D eigenvalue weighted by Gasteiger charge is 2.23. The molecule has 0 aromatic carbocycles. The molecule has 1 rings (SSSR count). The molecule has 0 radical (unpaired) electrons. The van der Waals surface area contributed by atoms with Gasteiger partial charge in [0, 0.05) is 19.0 Å². The highest BCUT2D eigenvalue weighted by molar-refractivity contribution is 5.76. The van der Waals surface area contributed by atoms with Crippen LogP contribution < -0.4 is 5.32 Å². The Bertz CT molecular complexity index is 170. The fourth-order valence-electron chi connectivity index (χ4n) is 1.86. The van der Waals surface area contributed by atoms with Gasteiger partial charge in [-0.25, -0.2) is 0 Å². The molecule has 0 saturated carbocycles. The summed E-state index contributed by atoms with van der Waals surface area (Å²) in [5.74, 6) is 0.334. The van der Waals surface area contributed by atoms with Crippen molar-refractivity contribution < 1.29 is 4.79 Å². The quantitative estimate of drug-likeness (QED) is 0.661. The van der Waals surface area contributed by atoms with Crippen molar-refractivity contribution in [2.24, 2.45) is 0 Å². The van der Waals surface area contributed by atoms with Crippen molar-refractivity contribution in [2.45, 2.75) is 38.6 Å². The van der Waals surface area contributed by atoms with Crippen LogP contribution in [0.3, 0.4) is 0 Å². The molecule has 13 heavy (non-hydrogen) atoms. The summed E-state index contributed by atoms with van der Waals surface area (Å²) in [6.45, 7) is 4.05. The number of nitrogens with zero attached hydrogens (tertiary/aromatic N) is 1. The van der Waals surface area contributed by atoms with Crippen LogP contribution in [0.15, 0.2) is 0 Å². The summed E-state index contributed by atoms with van der Waals surface area (Å²) in [4.78, 5) is 13.7. The van der Waals surface area contributed by atoms with E-state index in [1.54, 1.807) is 0 Å². The van der Waals surface area contributed by atoms with Gasteiger partial charge in [-0.1, -0.05) is 0 Å². The molecule has 1 atom stereocenters. The summed E-state index contributed by atoms with van der Waals surface area (Å²) in [6, 6.07) is 0.474. The fourth-order valence-corrected chi connectivity index (χ4v) is 1.86. The van der Waals surface area contributed by atoms with E-state index < -0.39 is 0 Å². The van der Waals surface area contributed by atoms with Crippen LogP contribution in [0.25, 0.3) is 0 Å². The molecule has 1 heterocycles. The van der Waals surface area contributed by atoms with Gasteiger partial charge in [0.25, 0.3) is 0 Å². The minimum absolute atomic E-state index is 0.334. The molecule has 0 aromatic rings. The molecular weight excluding hydrogens is 164 g/mol. The second kappa shape index (κ2) is 5.22. The number of rotatable bonds is 4. The van der Waals surface area contributed by atoms with Gasteiger partial charge in [0.1, 0.15) is 0 Å². The lowest BCUT2D eigenvalue weighted by atomic mass is 10.2. The molecule has 3 nitrogen and oxygen atoms in total. The molecule has 0 aromatic heterocycles. The molecule has 1 saturated heterocycles. The number of carbonyl (C=O) groups excluding carboxylic acids is 1. The van der Waals surface area contributed by atoms with Crippen LogP contribution >= 0.6 is 0 Å². The molecule has 0 spiro atoms. The highest BCUT2D eigenvalue weighted by atomic mass is 16.2. The Balaban J connectivity index is 2.22. The maximum atomic E-state index is 11.6. The SMILES string of the molecule is CNCCCC(=O)N1CCCC1C. The number of hydrogen-bond acceptors (Lipinski definition) is 2. The molecule has 3 heteroatoms. The normalized spacial score (nSPS) is 22.3. The fraction of sp³-hybridized carbons (Fsp3) is 0.900. The van der Waals surface area contributed by atoms with Crippen molar-refractivity contribution in [2.75, 3.05) is 20.1 Å². The highest BCUT2D eigenvalue weighted by Crippen LogP contribution is 2.17. The Labute approximate surface area is 80.5 Å². The minimum Gasteiger partial charge on any atom is -0.340 e. The largest absolute Gasteiger partial charge is 0.340 e. The van der Waals surface area contributed by atoms with Crippen LogP contribution in [0.5, 0.6) is 0 Å². The third-order valence-electron chi connectivity index (χ3n) is 2.69. The monoisotopic (exact) mass is 184 g/mol. The van der Waals surface area contributed by atoms with Gasteiger partial charge in [-0.3, -0.25) is 4.79 Å². The van der Waals surface area contributed by atoms with E-state index in [1.807, 2.05) is 11.9 Å². The smallest absolute Gasteiger partial charge is 0.222 e. The first kappa shape index (κ1) is 10.5. The first-order valence-corrected chi connectivity index (χ1v) is 5.19. The summed E-state index contributed by atoms with van der Waals surface area (Å²) in [5.41, 5.74) is 0. The number of carbonyl (C=O) groups is 1. The van der Waals surface area contributed by atoms with E-state index in [4.69, 9.17) is 0 Å². The average molecular weight is 184 g/mol. The zero-order chi connectivity index (χ0) is 9.68. The Hall–Kier alpha value is -0.570. The molecule has 0 bridgehead atoms. The second-order valence-electron chi connectivity index (χ2n) is 3.79. The van der Waals surface area contributed by atoms with Gasteiger partial charge in [0.05, 0.1) is 0 Å². The van der Waals surface area contributed by atoms with Gasteiger partial charge in [0.15, 0.2) is 0 Å². The van der Waals surface area contributed by atoms with Gasteiger partial charge >= 0.3 is 0 Å². The van der Waals surface area contributed by atoms with Crippen molar-refractivity contribution in [3.05, 3.63) is 0 Å². The summed E-state index contributed by atoms with van der Waals surface area (Å²) < 4.78 is 0. The number of amides is 1. The third-order valence-corrected chi connectivity index (χ3v) is 2.69. The van der Waals surface area contributed by atoms with Gasteiger partial charge in [-0.15, -0.1) is 0 Å². The minimum atomic E-state index is 0.334. The maximum Gasteiger partial charge on any atom is 0.222 e. The Morgan fingerprint density at radius 1 is 1.62 bits per heavy atom. The van der Waals surface area contributed by atoms with Crippen LogP contribution in [0.2, 0.25) is 0 Å². The lowest BCUT2D eigenvalue weighted by Crippen LogP contribution is -2.33. The van der Waals surface area contributed by atoms with Crippen LogP contribution in [-0.2, 0) is 4.79 Å². The molecule has 1 unspecified atom stereocenters. The van der Waals surface area contributed by atoms with Crippen molar-refractivity contribution in [1.29, 1.82) is 0 Å². The van der Waals surface area contributed by atoms with Crippen molar-refractivity contribution >= 4 is 5.91 Å². The summed E-state index contributed by atoms with van der Waals surface area (Å²) >= 11 is 0. The van der Waals surface area contributed by atoms with E-state index in [0.29, 0.717) is 18.4 Å².